The van der Waals surface area contributed by atoms with Gasteiger partial charge in [0.2, 0.25) is 0 Å². The summed E-state index contributed by atoms with van der Waals surface area (Å²) >= 11 is 6.08. The molecule has 0 fully saturated rings. The summed E-state index contributed by atoms with van der Waals surface area (Å²) in [5.41, 5.74) is 5.93. The molecular weight excluding hydrogens is 370 g/mol. The summed E-state index contributed by atoms with van der Waals surface area (Å²) < 4.78 is 0. The van der Waals surface area contributed by atoms with Crippen LogP contribution in [0.25, 0.3) is 6.08 Å². The average molecular weight is 390 g/mol. The molecule has 140 valence electrons. The van der Waals surface area contributed by atoms with Crippen LogP contribution in [0.1, 0.15) is 11.1 Å². The second kappa shape index (κ2) is 10.1. The lowest BCUT2D eigenvalue weighted by atomic mass is 10.1. The lowest BCUT2D eigenvalue weighted by Crippen LogP contribution is -2.27. The summed E-state index contributed by atoms with van der Waals surface area (Å²) in [5.74, 6) is -0.263. The maximum atomic E-state index is 12.2. The molecule has 0 aliphatic heterocycles. The Kier molecular flexibility index (Phi) is 6.99. The normalized spacial score (nSPS) is 11.4. The second-order valence-corrected chi connectivity index (χ2v) is 6.38. The first-order valence-corrected chi connectivity index (χ1v) is 9.23. The van der Waals surface area contributed by atoms with Crippen molar-refractivity contribution in [1.82, 2.24) is 5.43 Å². The number of nitrogens with one attached hydrogen (secondary N) is 2. The molecule has 0 radical (unpaired) electrons. The number of hydrazone groups is 1. The van der Waals surface area contributed by atoms with Crippen LogP contribution in [0.5, 0.6) is 0 Å². The number of allylic oxidation sites excluding steroid dienone is 1. The van der Waals surface area contributed by atoms with E-state index in [-0.39, 0.29) is 12.5 Å². The minimum atomic E-state index is -0.263. The van der Waals surface area contributed by atoms with Gasteiger partial charge in [-0.1, -0.05) is 90.5 Å². The van der Waals surface area contributed by atoms with Gasteiger partial charge in [-0.2, -0.15) is 5.10 Å². The standard InChI is InChI=1S/C23H20ClN3O/c24-20-13-7-8-14-22(20)25-17-23(28)27-26-21(19-11-5-2-6-12-19)16-15-18-9-3-1-4-10-18/h1-16,25H,17H2,(H,27,28)/b16-15+,26-21+. The number of nitrogens with zero attached hydrogens (tertiary/aromatic N) is 1. The van der Waals surface area contributed by atoms with Gasteiger partial charge in [0.1, 0.15) is 0 Å². The number of amides is 1. The summed E-state index contributed by atoms with van der Waals surface area (Å²) in [6.45, 7) is 0.0672. The van der Waals surface area contributed by atoms with Crippen molar-refractivity contribution in [3.63, 3.8) is 0 Å². The van der Waals surface area contributed by atoms with E-state index in [0.717, 1.165) is 11.1 Å². The summed E-state index contributed by atoms with van der Waals surface area (Å²) in [7, 11) is 0. The highest BCUT2D eigenvalue weighted by molar-refractivity contribution is 6.33. The zero-order chi connectivity index (χ0) is 19.6. The van der Waals surface area contributed by atoms with E-state index < -0.39 is 0 Å². The third kappa shape index (κ3) is 5.83. The van der Waals surface area contributed by atoms with Gasteiger partial charge in [-0.25, -0.2) is 5.43 Å². The molecule has 0 heterocycles. The van der Waals surface area contributed by atoms with E-state index in [1.807, 2.05) is 91.0 Å². The molecule has 0 bridgehead atoms. The number of anilines is 1. The third-order valence-electron chi connectivity index (χ3n) is 3.92. The van der Waals surface area contributed by atoms with Crippen LogP contribution >= 0.6 is 11.6 Å². The molecular formula is C23H20ClN3O. The predicted molar refractivity (Wildman–Crippen MR) is 117 cm³/mol. The summed E-state index contributed by atoms with van der Waals surface area (Å²) in [6.07, 6.45) is 3.84. The van der Waals surface area contributed by atoms with Gasteiger partial charge in [0.15, 0.2) is 0 Å². The Labute approximate surface area is 169 Å². The van der Waals surface area contributed by atoms with Crippen molar-refractivity contribution in [2.24, 2.45) is 5.10 Å². The molecule has 0 aliphatic rings. The number of hydrogen-bond acceptors (Lipinski definition) is 3. The average Bonchev–Trinajstić information content (AvgIpc) is 2.74. The topological polar surface area (TPSA) is 53.5 Å². The Hall–Kier alpha value is -3.37. The first kappa shape index (κ1) is 19.4. The molecule has 28 heavy (non-hydrogen) atoms. The number of carbonyl (C=O) groups is 1. The highest BCUT2D eigenvalue weighted by Gasteiger charge is 2.04. The maximum absolute atomic E-state index is 12.2. The van der Waals surface area contributed by atoms with Gasteiger partial charge in [0, 0.05) is 5.56 Å². The van der Waals surface area contributed by atoms with Crippen molar-refractivity contribution < 1.29 is 4.79 Å². The number of carbonyl (C=O) groups excluding carboxylic acids is 1. The van der Waals surface area contributed by atoms with E-state index in [2.05, 4.69) is 15.8 Å². The van der Waals surface area contributed by atoms with Gasteiger partial charge in [0.25, 0.3) is 5.91 Å². The summed E-state index contributed by atoms with van der Waals surface area (Å²) in [4.78, 5) is 12.2. The molecule has 0 aromatic heterocycles. The minimum Gasteiger partial charge on any atom is -0.375 e. The van der Waals surface area contributed by atoms with Crippen molar-refractivity contribution in [3.8, 4) is 0 Å². The van der Waals surface area contributed by atoms with Gasteiger partial charge in [-0.05, 0) is 23.8 Å². The highest BCUT2D eigenvalue weighted by atomic mass is 35.5. The van der Waals surface area contributed by atoms with Crippen LogP contribution in [-0.2, 0) is 4.79 Å². The molecule has 1 amide bonds. The second-order valence-electron chi connectivity index (χ2n) is 5.98. The van der Waals surface area contributed by atoms with Crippen molar-refractivity contribution in [3.05, 3.63) is 107 Å². The Morgan fingerprint density at radius 2 is 1.54 bits per heavy atom. The molecule has 4 nitrogen and oxygen atoms in total. The van der Waals surface area contributed by atoms with E-state index in [1.165, 1.54) is 0 Å². The molecule has 0 aliphatic carbocycles. The zero-order valence-electron chi connectivity index (χ0n) is 15.2. The lowest BCUT2D eigenvalue weighted by Gasteiger charge is -2.08. The number of benzene rings is 3. The van der Waals surface area contributed by atoms with Crippen LogP contribution in [0.2, 0.25) is 5.02 Å². The molecule has 0 spiro atoms. The molecule has 2 N–H and O–H groups in total. The predicted octanol–water partition coefficient (Wildman–Crippen LogP) is 4.99. The monoisotopic (exact) mass is 389 g/mol. The largest absolute Gasteiger partial charge is 0.375 e. The Balaban J connectivity index is 1.69. The van der Waals surface area contributed by atoms with Crippen molar-refractivity contribution in [2.75, 3.05) is 11.9 Å². The summed E-state index contributed by atoms with van der Waals surface area (Å²) in [5, 5.41) is 7.87. The molecule has 3 aromatic carbocycles. The lowest BCUT2D eigenvalue weighted by molar-refractivity contribution is -0.119. The van der Waals surface area contributed by atoms with E-state index in [4.69, 9.17) is 11.6 Å². The van der Waals surface area contributed by atoms with Crippen LogP contribution in [0.15, 0.2) is 96.1 Å². The zero-order valence-corrected chi connectivity index (χ0v) is 15.9. The van der Waals surface area contributed by atoms with Crippen LogP contribution in [0.4, 0.5) is 5.69 Å². The first-order valence-electron chi connectivity index (χ1n) is 8.86. The van der Waals surface area contributed by atoms with E-state index in [0.29, 0.717) is 16.4 Å². The number of halogens is 1. The third-order valence-corrected chi connectivity index (χ3v) is 4.25. The molecule has 3 aromatic rings. The van der Waals surface area contributed by atoms with Gasteiger partial charge in [-0.15, -0.1) is 0 Å². The fraction of sp³-hybridized carbons (Fsp3) is 0.0435. The van der Waals surface area contributed by atoms with E-state index in [9.17, 15) is 4.79 Å². The molecule has 0 saturated carbocycles. The Bertz CT molecular complexity index is 969. The van der Waals surface area contributed by atoms with Crippen LogP contribution in [0, 0.1) is 0 Å². The highest BCUT2D eigenvalue weighted by Crippen LogP contribution is 2.19. The van der Waals surface area contributed by atoms with E-state index >= 15 is 0 Å². The van der Waals surface area contributed by atoms with Gasteiger partial charge in [0.05, 0.1) is 23.0 Å². The molecule has 0 saturated heterocycles. The fourth-order valence-electron chi connectivity index (χ4n) is 2.49. The maximum Gasteiger partial charge on any atom is 0.259 e. The number of rotatable bonds is 7. The quantitative estimate of drug-likeness (QED) is 0.442. The van der Waals surface area contributed by atoms with E-state index in [1.54, 1.807) is 6.07 Å². The summed E-state index contributed by atoms with van der Waals surface area (Å²) in [6, 6.07) is 26.9. The van der Waals surface area contributed by atoms with Gasteiger partial charge >= 0.3 is 0 Å². The minimum absolute atomic E-state index is 0.0672. The van der Waals surface area contributed by atoms with Gasteiger partial charge < -0.3 is 5.32 Å². The number of hydrogen-bond donors (Lipinski definition) is 2. The number of para-hydroxylation sites is 1. The molecule has 0 unspecified atom stereocenters. The Morgan fingerprint density at radius 1 is 0.893 bits per heavy atom. The first-order chi connectivity index (χ1) is 13.7. The van der Waals surface area contributed by atoms with Crippen LogP contribution < -0.4 is 10.7 Å². The Morgan fingerprint density at radius 3 is 2.25 bits per heavy atom. The SMILES string of the molecule is O=C(CNc1ccccc1Cl)N/N=C(\C=C\c1ccccc1)c1ccccc1. The van der Waals surface area contributed by atoms with Crippen LogP contribution in [-0.4, -0.2) is 18.2 Å². The fourth-order valence-corrected chi connectivity index (χ4v) is 2.69. The molecule has 3 rings (SSSR count). The molecule has 0 atom stereocenters. The molecule has 5 heteroatoms. The smallest absolute Gasteiger partial charge is 0.259 e. The van der Waals surface area contributed by atoms with Crippen LogP contribution in [0.3, 0.4) is 0 Å². The van der Waals surface area contributed by atoms with Crippen molar-refractivity contribution >= 4 is 35.0 Å². The van der Waals surface area contributed by atoms with Gasteiger partial charge in [-0.3, -0.25) is 4.79 Å². The van der Waals surface area contributed by atoms with Crippen molar-refractivity contribution in [2.45, 2.75) is 0 Å². The van der Waals surface area contributed by atoms with Crippen molar-refractivity contribution in [1.29, 1.82) is 0 Å².